The number of nitrogens with zero attached hydrogens (tertiary/aromatic N) is 2. The second kappa shape index (κ2) is 3.90. The molecule has 4 nitrogen and oxygen atoms in total. The molecule has 0 saturated carbocycles. The van der Waals surface area contributed by atoms with Gasteiger partial charge in [0.05, 0.1) is 12.9 Å². The third-order valence-electron chi connectivity index (χ3n) is 1.60. The highest BCUT2D eigenvalue weighted by Crippen LogP contribution is 2.05. The number of carbonyl (C=O) groups is 1. The zero-order chi connectivity index (χ0) is 8.97. The minimum atomic E-state index is -0.285. The Labute approximate surface area is 71.2 Å². The minimum absolute atomic E-state index is 0.226. The van der Waals surface area contributed by atoms with Crippen LogP contribution in [0.5, 0.6) is 0 Å². The molecule has 0 aliphatic rings. The van der Waals surface area contributed by atoms with E-state index in [-0.39, 0.29) is 12.0 Å². The number of esters is 1. The van der Waals surface area contributed by atoms with E-state index in [0.29, 0.717) is 6.61 Å². The predicted octanol–water partition coefficient (Wildman–Crippen LogP) is 1.01. The Kier molecular flexibility index (Phi) is 2.85. The summed E-state index contributed by atoms with van der Waals surface area (Å²) >= 11 is 0. The van der Waals surface area contributed by atoms with Gasteiger partial charge in [0.2, 0.25) is 0 Å². The fourth-order valence-electron chi connectivity index (χ4n) is 0.883. The van der Waals surface area contributed by atoms with Crippen LogP contribution in [0.25, 0.3) is 0 Å². The average molecular weight is 168 g/mol. The van der Waals surface area contributed by atoms with Gasteiger partial charge in [-0.05, 0) is 13.8 Å². The lowest BCUT2D eigenvalue weighted by molar-refractivity contribution is -0.146. The molecule has 1 aromatic heterocycles. The van der Waals surface area contributed by atoms with E-state index in [1.807, 2.05) is 0 Å². The first-order valence-electron chi connectivity index (χ1n) is 3.89. The van der Waals surface area contributed by atoms with Gasteiger partial charge in [0.15, 0.2) is 0 Å². The van der Waals surface area contributed by atoms with Crippen LogP contribution in [0.4, 0.5) is 0 Å². The molecule has 1 heterocycles. The van der Waals surface area contributed by atoms with Crippen LogP contribution in [-0.4, -0.2) is 22.1 Å². The van der Waals surface area contributed by atoms with Crippen molar-refractivity contribution in [1.29, 1.82) is 0 Å². The van der Waals surface area contributed by atoms with Gasteiger partial charge < -0.3 is 9.30 Å². The summed E-state index contributed by atoms with van der Waals surface area (Å²) in [5, 5.41) is 0. The molecule has 66 valence electrons. The van der Waals surface area contributed by atoms with Crippen LogP contribution in [0.15, 0.2) is 18.7 Å². The molecule has 4 heteroatoms. The van der Waals surface area contributed by atoms with Crippen LogP contribution in [0.3, 0.4) is 0 Å². The Bertz CT molecular complexity index is 244. The van der Waals surface area contributed by atoms with Crippen molar-refractivity contribution in [2.75, 3.05) is 6.61 Å². The van der Waals surface area contributed by atoms with Crippen LogP contribution in [0, 0.1) is 0 Å². The highest BCUT2D eigenvalue weighted by atomic mass is 16.5. The molecule has 0 saturated heterocycles. The summed E-state index contributed by atoms with van der Waals surface area (Å²) < 4.78 is 6.55. The number of rotatable bonds is 3. The zero-order valence-corrected chi connectivity index (χ0v) is 7.23. The average Bonchev–Trinajstić information content (AvgIpc) is 2.55. The Morgan fingerprint density at radius 2 is 2.50 bits per heavy atom. The second-order valence-electron chi connectivity index (χ2n) is 2.44. The number of hydrogen-bond donors (Lipinski definition) is 0. The quantitative estimate of drug-likeness (QED) is 0.632. The Morgan fingerprint density at radius 3 is 3.00 bits per heavy atom. The van der Waals surface area contributed by atoms with E-state index >= 15 is 0 Å². The SMILES string of the molecule is CCOC(=O)[C@H](C)n1ccnc1. The summed E-state index contributed by atoms with van der Waals surface area (Å²) in [6.07, 6.45) is 4.97. The topological polar surface area (TPSA) is 44.1 Å². The molecule has 0 aromatic carbocycles. The van der Waals surface area contributed by atoms with Crippen molar-refractivity contribution >= 4 is 5.97 Å². The predicted molar refractivity (Wildman–Crippen MR) is 43.6 cm³/mol. The lowest BCUT2D eigenvalue weighted by Gasteiger charge is -2.10. The van der Waals surface area contributed by atoms with E-state index in [9.17, 15) is 4.79 Å². The fourth-order valence-corrected chi connectivity index (χ4v) is 0.883. The van der Waals surface area contributed by atoms with E-state index in [1.54, 1.807) is 37.1 Å². The van der Waals surface area contributed by atoms with Crippen molar-refractivity contribution in [2.45, 2.75) is 19.9 Å². The summed E-state index contributed by atoms with van der Waals surface area (Å²) in [5.41, 5.74) is 0. The highest BCUT2D eigenvalue weighted by Gasteiger charge is 2.14. The molecule has 0 N–H and O–H groups in total. The maximum Gasteiger partial charge on any atom is 0.328 e. The fraction of sp³-hybridized carbons (Fsp3) is 0.500. The summed E-state index contributed by atoms with van der Waals surface area (Å²) in [7, 11) is 0. The van der Waals surface area contributed by atoms with Gasteiger partial charge in [0.25, 0.3) is 0 Å². The zero-order valence-electron chi connectivity index (χ0n) is 7.23. The molecule has 0 unspecified atom stereocenters. The molecule has 0 amide bonds. The highest BCUT2D eigenvalue weighted by molar-refractivity contribution is 5.73. The van der Waals surface area contributed by atoms with Crippen molar-refractivity contribution in [1.82, 2.24) is 9.55 Å². The molecule has 0 aliphatic carbocycles. The number of hydrogen-bond acceptors (Lipinski definition) is 3. The van der Waals surface area contributed by atoms with Gasteiger partial charge >= 0.3 is 5.97 Å². The van der Waals surface area contributed by atoms with Gasteiger partial charge in [-0.2, -0.15) is 0 Å². The van der Waals surface area contributed by atoms with Crippen LogP contribution in [0.1, 0.15) is 19.9 Å². The van der Waals surface area contributed by atoms with Gasteiger partial charge in [-0.1, -0.05) is 0 Å². The Balaban J connectivity index is 2.59. The summed E-state index contributed by atoms with van der Waals surface area (Å²) in [5.74, 6) is -0.226. The molecule has 0 bridgehead atoms. The number of carbonyl (C=O) groups excluding carboxylic acids is 1. The first kappa shape index (κ1) is 8.77. The van der Waals surface area contributed by atoms with E-state index in [2.05, 4.69) is 4.98 Å². The lowest BCUT2D eigenvalue weighted by atomic mass is 10.3. The summed E-state index contributed by atoms with van der Waals surface area (Å²) in [4.78, 5) is 15.0. The first-order chi connectivity index (χ1) is 5.75. The smallest absolute Gasteiger partial charge is 0.328 e. The van der Waals surface area contributed by atoms with Crippen molar-refractivity contribution in [3.63, 3.8) is 0 Å². The van der Waals surface area contributed by atoms with E-state index in [1.165, 1.54) is 0 Å². The maximum absolute atomic E-state index is 11.2. The molecular formula is C8H12N2O2. The molecule has 0 aliphatic heterocycles. The number of imidazole rings is 1. The largest absolute Gasteiger partial charge is 0.464 e. The normalized spacial score (nSPS) is 12.5. The van der Waals surface area contributed by atoms with E-state index < -0.39 is 0 Å². The van der Waals surface area contributed by atoms with Crippen molar-refractivity contribution in [2.24, 2.45) is 0 Å². The third kappa shape index (κ3) is 1.84. The van der Waals surface area contributed by atoms with Crippen LogP contribution in [0.2, 0.25) is 0 Å². The molecular weight excluding hydrogens is 156 g/mol. The monoisotopic (exact) mass is 168 g/mol. The van der Waals surface area contributed by atoms with Gasteiger partial charge in [-0.25, -0.2) is 9.78 Å². The second-order valence-corrected chi connectivity index (χ2v) is 2.44. The minimum Gasteiger partial charge on any atom is -0.464 e. The Morgan fingerprint density at radius 1 is 1.75 bits per heavy atom. The maximum atomic E-state index is 11.2. The van der Waals surface area contributed by atoms with Gasteiger partial charge in [-0.3, -0.25) is 0 Å². The molecule has 0 fully saturated rings. The van der Waals surface area contributed by atoms with Gasteiger partial charge in [-0.15, -0.1) is 0 Å². The molecule has 0 radical (unpaired) electrons. The number of ether oxygens (including phenoxy) is 1. The molecule has 12 heavy (non-hydrogen) atoms. The van der Waals surface area contributed by atoms with Gasteiger partial charge in [0.1, 0.15) is 6.04 Å². The van der Waals surface area contributed by atoms with E-state index in [4.69, 9.17) is 4.74 Å². The number of aromatic nitrogens is 2. The van der Waals surface area contributed by atoms with Gasteiger partial charge in [0, 0.05) is 12.4 Å². The van der Waals surface area contributed by atoms with Crippen LogP contribution >= 0.6 is 0 Å². The first-order valence-corrected chi connectivity index (χ1v) is 3.89. The molecule has 1 rings (SSSR count). The standard InChI is InChI=1S/C8H12N2O2/c1-3-12-8(11)7(2)10-5-4-9-6-10/h4-7H,3H2,1-2H3/t7-/m0/s1. The lowest BCUT2D eigenvalue weighted by Crippen LogP contribution is -2.17. The van der Waals surface area contributed by atoms with Crippen molar-refractivity contribution in [3.8, 4) is 0 Å². The molecule has 1 atom stereocenters. The summed E-state index contributed by atoms with van der Waals surface area (Å²) in [6.45, 7) is 3.98. The van der Waals surface area contributed by atoms with Crippen molar-refractivity contribution in [3.05, 3.63) is 18.7 Å². The van der Waals surface area contributed by atoms with Crippen molar-refractivity contribution < 1.29 is 9.53 Å². The van der Waals surface area contributed by atoms with E-state index in [0.717, 1.165) is 0 Å². The molecule has 0 spiro atoms. The van der Waals surface area contributed by atoms with Crippen LogP contribution in [-0.2, 0) is 9.53 Å². The van der Waals surface area contributed by atoms with Crippen LogP contribution < -0.4 is 0 Å². The summed E-state index contributed by atoms with van der Waals surface area (Å²) in [6, 6.07) is -0.285. The molecule has 1 aromatic rings. The third-order valence-corrected chi connectivity index (χ3v) is 1.60. The Hall–Kier alpha value is -1.32.